The molecular weight excluding hydrogens is 338 g/mol. The van der Waals surface area contributed by atoms with Crippen LogP contribution >= 0.6 is 0 Å². The molecule has 1 atom stereocenters. The number of carbonyl (C=O) groups is 1. The lowest BCUT2D eigenvalue weighted by Crippen LogP contribution is -2.42. The summed E-state index contributed by atoms with van der Waals surface area (Å²) in [6.45, 7) is 1.51. The number of aryl methyl sites for hydroxylation is 1. The van der Waals surface area contributed by atoms with Crippen molar-refractivity contribution in [3.63, 3.8) is 0 Å². The zero-order valence-electron chi connectivity index (χ0n) is 13.3. The first-order chi connectivity index (χ1) is 11.8. The van der Waals surface area contributed by atoms with E-state index in [4.69, 9.17) is 0 Å². The molecule has 2 heterocycles. The molecule has 1 aromatic carbocycles. The van der Waals surface area contributed by atoms with Crippen LogP contribution in [0.5, 0.6) is 0 Å². The van der Waals surface area contributed by atoms with E-state index in [-0.39, 0.29) is 18.8 Å². The molecule has 1 amide bonds. The van der Waals surface area contributed by atoms with E-state index in [0.29, 0.717) is 11.3 Å². The Morgan fingerprint density at radius 2 is 2.08 bits per heavy atom. The Kier molecular flexibility index (Phi) is 4.36. The molecule has 8 heteroatoms. The molecule has 0 N–H and O–H groups in total. The summed E-state index contributed by atoms with van der Waals surface area (Å²) < 4.78 is 53.5. The lowest BCUT2D eigenvalue weighted by Gasteiger charge is -2.33. The van der Waals surface area contributed by atoms with Crippen LogP contribution in [-0.2, 0) is 4.79 Å². The number of carbonyl (C=O) groups excluding carboxylic acids is 1. The molecule has 25 heavy (non-hydrogen) atoms. The highest BCUT2D eigenvalue weighted by atomic mass is 19.4. The van der Waals surface area contributed by atoms with Crippen molar-refractivity contribution in [1.29, 1.82) is 0 Å². The van der Waals surface area contributed by atoms with Gasteiger partial charge in [0.2, 0.25) is 0 Å². The number of aromatic nitrogens is 2. The predicted molar refractivity (Wildman–Crippen MR) is 84.5 cm³/mol. The lowest BCUT2D eigenvalue weighted by molar-refractivity contribution is -0.172. The standard InChI is InChI=1S/C17H15F4N3O/c1-11-9-15-23(8-7-14(17(19,20)21)24(15)22-11)16(25)6-5-12-3-2-4-13(18)10-12/h2-6,9-10,14H,7-8H2,1H3/b6-5+. The van der Waals surface area contributed by atoms with E-state index in [1.807, 2.05) is 0 Å². The average molecular weight is 353 g/mol. The molecule has 1 unspecified atom stereocenters. The first kappa shape index (κ1) is 17.2. The van der Waals surface area contributed by atoms with Crippen LogP contribution in [0.25, 0.3) is 6.08 Å². The van der Waals surface area contributed by atoms with E-state index in [9.17, 15) is 22.4 Å². The van der Waals surface area contributed by atoms with Gasteiger partial charge in [0.05, 0.1) is 5.69 Å². The lowest BCUT2D eigenvalue weighted by atomic mass is 10.1. The van der Waals surface area contributed by atoms with Crippen molar-refractivity contribution < 1.29 is 22.4 Å². The van der Waals surface area contributed by atoms with Crippen molar-refractivity contribution >= 4 is 17.8 Å². The van der Waals surface area contributed by atoms with Crippen molar-refractivity contribution in [2.75, 3.05) is 11.4 Å². The van der Waals surface area contributed by atoms with Crippen molar-refractivity contribution in [2.24, 2.45) is 0 Å². The van der Waals surface area contributed by atoms with Crippen molar-refractivity contribution in [3.8, 4) is 0 Å². The molecule has 0 bridgehead atoms. The van der Waals surface area contributed by atoms with Crippen LogP contribution in [0.2, 0.25) is 0 Å². The summed E-state index contributed by atoms with van der Waals surface area (Å²) in [5.41, 5.74) is 0.890. The Hall–Kier alpha value is -2.64. The molecule has 1 aliphatic heterocycles. The Morgan fingerprint density at radius 3 is 2.76 bits per heavy atom. The van der Waals surface area contributed by atoms with Crippen LogP contribution < -0.4 is 4.90 Å². The second-order valence-electron chi connectivity index (χ2n) is 5.81. The summed E-state index contributed by atoms with van der Waals surface area (Å²) in [7, 11) is 0. The molecular formula is C17H15F4N3O. The largest absolute Gasteiger partial charge is 0.410 e. The number of hydrogen-bond acceptors (Lipinski definition) is 2. The van der Waals surface area contributed by atoms with Crippen LogP contribution in [0.1, 0.15) is 23.7 Å². The molecule has 0 radical (unpaired) electrons. The van der Waals surface area contributed by atoms with Gasteiger partial charge in [0.25, 0.3) is 5.91 Å². The van der Waals surface area contributed by atoms with E-state index < -0.39 is 23.9 Å². The highest BCUT2D eigenvalue weighted by Crippen LogP contribution is 2.39. The molecule has 0 spiro atoms. The van der Waals surface area contributed by atoms with Gasteiger partial charge in [-0.2, -0.15) is 18.3 Å². The number of benzene rings is 1. The fraction of sp³-hybridized carbons (Fsp3) is 0.294. The number of hydrogen-bond donors (Lipinski definition) is 0. The minimum Gasteiger partial charge on any atom is -0.293 e. The summed E-state index contributed by atoms with van der Waals surface area (Å²) >= 11 is 0. The second kappa shape index (κ2) is 6.34. The summed E-state index contributed by atoms with van der Waals surface area (Å²) in [6, 6.07) is 5.37. The molecule has 3 rings (SSSR count). The monoisotopic (exact) mass is 353 g/mol. The maximum absolute atomic E-state index is 13.2. The van der Waals surface area contributed by atoms with Gasteiger partial charge in [-0.25, -0.2) is 9.07 Å². The molecule has 0 fully saturated rings. The van der Waals surface area contributed by atoms with Crippen molar-refractivity contribution in [2.45, 2.75) is 25.6 Å². The van der Waals surface area contributed by atoms with E-state index in [1.165, 1.54) is 41.3 Å². The smallest absolute Gasteiger partial charge is 0.293 e. The quantitative estimate of drug-likeness (QED) is 0.607. The van der Waals surface area contributed by atoms with Crippen molar-refractivity contribution in [3.05, 3.63) is 53.5 Å². The topological polar surface area (TPSA) is 38.1 Å². The first-order valence-corrected chi connectivity index (χ1v) is 7.64. The Bertz CT molecular complexity index is 826. The van der Waals surface area contributed by atoms with E-state index in [0.717, 1.165) is 4.68 Å². The van der Waals surface area contributed by atoms with Crippen LogP contribution in [0, 0.1) is 12.7 Å². The third-order valence-corrected chi connectivity index (χ3v) is 3.95. The number of halogens is 4. The fourth-order valence-corrected chi connectivity index (χ4v) is 2.82. The van der Waals surface area contributed by atoms with Crippen LogP contribution in [0.4, 0.5) is 23.4 Å². The number of amides is 1. The summed E-state index contributed by atoms with van der Waals surface area (Å²) in [6.07, 6.45) is -2.05. The Labute approximate surface area is 141 Å². The van der Waals surface area contributed by atoms with E-state index >= 15 is 0 Å². The van der Waals surface area contributed by atoms with Gasteiger partial charge in [-0.3, -0.25) is 9.69 Å². The number of fused-ring (bicyclic) bond motifs is 1. The molecule has 0 aliphatic carbocycles. The zero-order chi connectivity index (χ0) is 18.2. The molecule has 2 aromatic rings. The molecule has 132 valence electrons. The zero-order valence-corrected chi connectivity index (χ0v) is 13.3. The van der Waals surface area contributed by atoms with Gasteiger partial charge < -0.3 is 0 Å². The second-order valence-corrected chi connectivity index (χ2v) is 5.81. The molecule has 1 aliphatic rings. The number of alkyl halides is 3. The maximum Gasteiger partial charge on any atom is 0.410 e. The van der Waals surface area contributed by atoms with Gasteiger partial charge in [-0.1, -0.05) is 12.1 Å². The van der Waals surface area contributed by atoms with E-state index in [2.05, 4.69) is 5.10 Å². The third kappa shape index (κ3) is 3.57. The Balaban J connectivity index is 1.86. The predicted octanol–water partition coefficient (Wildman–Crippen LogP) is 3.88. The normalized spacial score (nSPS) is 17.8. The van der Waals surface area contributed by atoms with Gasteiger partial charge in [-0.15, -0.1) is 0 Å². The summed E-state index contributed by atoms with van der Waals surface area (Å²) in [5, 5.41) is 3.89. The van der Waals surface area contributed by atoms with Crippen LogP contribution in [-0.4, -0.2) is 28.4 Å². The SMILES string of the molecule is Cc1cc2n(n1)C(C(F)(F)F)CCN2C(=O)/C=C/c1cccc(F)c1. The molecule has 0 saturated heterocycles. The molecule has 4 nitrogen and oxygen atoms in total. The van der Waals surface area contributed by atoms with Gasteiger partial charge in [-0.05, 0) is 37.1 Å². The van der Waals surface area contributed by atoms with Gasteiger partial charge >= 0.3 is 6.18 Å². The number of rotatable bonds is 2. The maximum atomic E-state index is 13.2. The van der Waals surface area contributed by atoms with Gasteiger partial charge in [0.1, 0.15) is 11.6 Å². The van der Waals surface area contributed by atoms with Crippen LogP contribution in [0.15, 0.2) is 36.4 Å². The number of nitrogens with zero attached hydrogens (tertiary/aromatic N) is 3. The number of anilines is 1. The van der Waals surface area contributed by atoms with Crippen LogP contribution in [0.3, 0.4) is 0 Å². The summed E-state index contributed by atoms with van der Waals surface area (Å²) in [5.74, 6) is -0.805. The van der Waals surface area contributed by atoms with Gasteiger partial charge in [0.15, 0.2) is 6.04 Å². The highest BCUT2D eigenvalue weighted by Gasteiger charge is 2.45. The van der Waals surface area contributed by atoms with Crippen molar-refractivity contribution in [1.82, 2.24) is 9.78 Å². The molecule has 0 saturated carbocycles. The minimum absolute atomic E-state index is 0.0678. The Morgan fingerprint density at radius 1 is 1.32 bits per heavy atom. The fourth-order valence-electron chi connectivity index (χ4n) is 2.82. The highest BCUT2D eigenvalue weighted by molar-refractivity contribution is 6.03. The third-order valence-electron chi connectivity index (χ3n) is 3.95. The minimum atomic E-state index is -4.43. The summed E-state index contributed by atoms with van der Waals surface area (Å²) in [4.78, 5) is 13.7. The first-order valence-electron chi connectivity index (χ1n) is 7.64. The van der Waals surface area contributed by atoms with E-state index in [1.54, 1.807) is 13.0 Å². The average Bonchev–Trinajstić information content (AvgIpc) is 2.91. The molecule has 1 aromatic heterocycles. The van der Waals surface area contributed by atoms with Gasteiger partial charge in [0, 0.05) is 18.7 Å².